The largest absolute Gasteiger partial charge is 0.343 e. The van der Waals surface area contributed by atoms with Crippen LogP contribution in [0.3, 0.4) is 0 Å². The molecular weight excluding hydrogens is 621 g/mol. The first-order valence-electron chi connectivity index (χ1n) is 11.3. The number of hydrogen-bond donors (Lipinski definition) is 0. The van der Waals surface area contributed by atoms with E-state index in [0.29, 0.717) is 23.6 Å². The predicted octanol–water partition coefficient (Wildman–Crippen LogP) is 9.01. The maximum atomic E-state index is 12.2. The van der Waals surface area contributed by atoms with Gasteiger partial charge in [-0.15, -0.1) is 11.8 Å². The summed E-state index contributed by atoms with van der Waals surface area (Å²) in [5.41, 5.74) is 0.261. The lowest BCUT2D eigenvalue weighted by Crippen LogP contribution is -2.05. The number of benzene rings is 2. The van der Waals surface area contributed by atoms with E-state index < -0.39 is 30.3 Å². The van der Waals surface area contributed by atoms with Crippen molar-refractivity contribution in [2.75, 3.05) is 37.4 Å². The highest BCUT2D eigenvalue weighted by Crippen LogP contribution is 2.52. The van der Waals surface area contributed by atoms with Gasteiger partial charge < -0.3 is 18.1 Å². The lowest BCUT2D eigenvalue weighted by Gasteiger charge is -2.16. The van der Waals surface area contributed by atoms with Crippen molar-refractivity contribution < 1.29 is 31.4 Å². The van der Waals surface area contributed by atoms with E-state index in [1.807, 2.05) is 50.2 Å². The molecule has 0 amide bonds. The summed E-state index contributed by atoms with van der Waals surface area (Å²) in [6.07, 6.45) is 0. The van der Waals surface area contributed by atoms with Crippen LogP contribution in [0.2, 0.25) is 0 Å². The zero-order valence-electron chi connectivity index (χ0n) is 21.3. The molecule has 1 atom stereocenters. The predicted molar refractivity (Wildman–Crippen MR) is 158 cm³/mol. The summed E-state index contributed by atoms with van der Waals surface area (Å²) in [5, 5.41) is 0. The SMILES string of the molecule is CCOP(=O)(CS(=O)c1ccccc1)OCC.CCOP(=O)(CSc1ccccc1)OCC.ClC(Cl)Cl. The van der Waals surface area contributed by atoms with Crippen LogP contribution >= 0.6 is 61.8 Å². The normalized spacial score (nSPS) is 12.2. The Morgan fingerprint density at radius 3 is 1.51 bits per heavy atom. The Morgan fingerprint density at radius 2 is 1.11 bits per heavy atom. The van der Waals surface area contributed by atoms with Crippen LogP contribution in [0, 0.1) is 0 Å². The van der Waals surface area contributed by atoms with Crippen LogP contribution in [0.4, 0.5) is 0 Å². The van der Waals surface area contributed by atoms with Gasteiger partial charge in [0.05, 0.1) is 37.2 Å². The average Bonchev–Trinajstić information content (AvgIpc) is 2.85. The topological polar surface area (TPSA) is 88.1 Å². The highest BCUT2D eigenvalue weighted by Gasteiger charge is 2.27. The van der Waals surface area contributed by atoms with Crippen molar-refractivity contribution in [3.63, 3.8) is 0 Å². The second-order valence-electron chi connectivity index (χ2n) is 6.51. The molecular formula is C23H35Cl3O7P2S2. The van der Waals surface area contributed by atoms with E-state index in [1.54, 1.807) is 38.1 Å². The first-order valence-corrected chi connectivity index (χ1v) is 18.4. The fourth-order valence-electron chi connectivity index (χ4n) is 2.47. The molecule has 2 aromatic carbocycles. The van der Waals surface area contributed by atoms with Gasteiger partial charge in [0, 0.05) is 9.79 Å². The minimum atomic E-state index is -3.24. The van der Waals surface area contributed by atoms with Gasteiger partial charge in [0.25, 0.3) is 0 Å². The van der Waals surface area contributed by atoms with Crippen LogP contribution in [0.5, 0.6) is 0 Å². The van der Waals surface area contributed by atoms with Gasteiger partial charge >= 0.3 is 15.2 Å². The van der Waals surface area contributed by atoms with E-state index in [-0.39, 0.29) is 18.7 Å². The van der Waals surface area contributed by atoms with Crippen LogP contribution in [-0.4, -0.2) is 45.9 Å². The minimum absolute atomic E-state index is 0.0985. The minimum Gasteiger partial charge on any atom is -0.308 e. The van der Waals surface area contributed by atoms with Crippen molar-refractivity contribution in [1.82, 2.24) is 0 Å². The van der Waals surface area contributed by atoms with Gasteiger partial charge in [-0.2, -0.15) is 0 Å². The lowest BCUT2D eigenvalue weighted by molar-refractivity contribution is 0.223. The number of rotatable bonds is 14. The Kier molecular flexibility index (Phi) is 21.9. The summed E-state index contributed by atoms with van der Waals surface area (Å²) in [4.78, 5) is 1.70. The van der Waals surface area contributed by atoms with Gasteiger partial charge in [-0.3, -0.25) is 13.3 Å². The van der Waals surface area contributed by atoms with Gasteiger partial charge in [-0.25, -0.2) is 0 Å². The van der Waals surface area contributed by atoms with Crippen molar-refractivity contribution in [2.45, 2.75) is 41.8 Å². The molecule has 37 heavy (non-hydrogen) atoms. The third-order valence-electron chi connectivity index (χ3n) is 3.72. The van der Waals surface area contributed by atoms with E-state index in [4.69, 9.17) is 52.9 Å². The molecule has 0 saturated carbocycles. The quantitative estimate of drug-likeness (QED) is 0.113. The molecule has 0 spiro atoms. The van der Waals surface area contributed by atoms with Crippen LogP contribution < -0.4 is 0 Å². The van der Waals surface area contributed by atoms with Crippen molar-refractivity contribution >= 4 is 72.6 Å². The van der Waals surface area contributed by atoms with Crippen LogP contribution in [0.25, 0.3) is 0 Å². The van der Waals surface area contributed by atoms with Gasteiger partial charge in [-0.05, 0) is 52.0 Å². The zero-order chi connectivity index (χ0) is 28.2. The molecule has 0 aromatic heterocycles. The van der Waals surface area contributed by atoms with Crippen LogP contribution in [0.1, 0.15) is 27.7 Å². The van der Waals surface area contributed by atoms with E-state index >= 15 is 0 Å². The number of halogens is 3. The van der Waals surface area contributed by atoms with E-state index in [0.717, 1.165) is 4.90 Å². The summed E-state index contributed by atoms with van der Waals surface area (Å²) >= 11 is 15.9. The number of alkyl halides is 3. The highest BCUT2D eigenvalue weighted by atomic mass is 35.6. The fourth-order valence-corrected chi connectivity index (χ4v) is 9.17. The van der Waals surface area contributed by atoms with Gasteiger partial charge in [0.15, 0.2) is 4.30 Å². The van der Waals surface area contributed by atoms with Crippen molar-refractivity contribution in [1.29, 1.82) is 0 Å². The third kappa shape index (κ3) is 18.9. The van der Waals surface area contributed by atoms with Crippen molar-refractivity contribution in [3.05, 3.63) is 60.7 Å². The van der Waals surface area contributed by atoms with Crippen LogP contribution in [0.15, 0.2) is 70.5 Å². The summed E-state index contributed by atoms with van der Waals surface area (Å²) in [7, 11) is -7.53. The molecule has 0 fully saturated rings. The molecule has 7 nitrogen and oxygen atoms in total. The Hall–Kier alpha value is 0.110. The summed E-state index contributed by atoms with van der Waals surface area (Å²) < 4.78 is 56.1. The molecule has 0 N–H and O–H groups in total. The van der Waals surface area contributed by atoms with Gasteiger partial charge in [0.1, 0.15) is 11.0 Å². The molecule has 0 aliphatic carbocycles. The lowest BCUT2D eigenvalue weighted by atomic mass is 10.4. The third-order valence-corrected chi connectivity index (χ3v) is 11.7. The monoisotopic (exact) mass is 654 g/mol. The van der Waals surface area contributed by atoms with Crippen LogP contribution in [-0.2, 0) is 38.0 Å². The van der Waals surface area contributed by atoms with Gasteiger partial charge in [-0.1, -0.05) is 71.2 Å². The number of hydrogen-bond acceptors (Lipinski definition) is 8. The second kappa shape index (κ2) is 21.9. The van der Waals surface area contributed by atoms with Crippen molar-refractivity contribution in [2.24, 2.45) is 0 Å². The molecule has 0 saturated heterocycles. The standard InChI is InChI=1S/C11H17O4PS.C11H17O3PS.CHCl3/c1-3-14-16(12,15-4-2)10-17(13)11-8-6-5-7-9-11;1-3-13-15(12,14-4-2)10-16-11-8-6-5-7-9-11;2-1(3)4/h5-9H,3-4,10H2,1-2H3;5-9H,3-4,10H2,1-2H3;1H. The zero-order valence-corrected chi connectivity index (χ0v) is 27.0. The molecule has 0 aliphatic rings. The molecule has 212 valence electrons. The Bertz CT molecular complexity index is 935. The second-order valence-corrected chi connectivity index (χ2v) is 16.0. The molecule has 1 unspecified atom stereocenters. The summed E-state index contributed by atoms with van der Waals surface area (Å²) in [5.74, 6) is 0. The molecule has 14 heteroatoms. The first kappa shape index (κ1) is 37.1. The Balaban J connectivity index is 0.000000613. The Morgan fingerprint density at radius 1 is 0.730 bits per heavy atom. The van der Waals surface area contributed by atoms with Gasteiger partial charge in [0.2, 0.25) is 0 Å². The molecule has 2 rings (SSSR count). The summed E-state index contributed by atoms with van der Waals surface area (Å²) in [6.45, 7) is 8.48. The van der Waals surface area contributed by atoms with Crippen molar-refractivity contribution in [3.8, 4) is 0 Å². The fraction of sp³-hybridized carbons (Fsp3) is 0.478. The summed E-state index contributed by atoms with van der Waals surface area (Å²) in [6, 6.07) is 18.7. The van der Waals surface area contributed by atoms with E-state index in [1.165, 1.54) is 11.8 Å². The Labute approximate surface area is 242 Å². The number of thioether (sulfide) groups is 1. The molecule has 0 heterocycles. The first-order chi connectivity index (χ1) is 17.5. The van der Waals surface area contributed by atoms with E-state index in [2.05, 4.69) is 0 Å². The highest BCUT2D eigenvalue weighted by molar-refractivity contribution is 8.04. The maximum Gasteiger partial charge on any atom is 0.343 e. The maximum absolute atomic E-state index is 12.2. The molecule has 0 aliphatic heterocycles. The molecule has 0 radical (unpaired) electrons. The average molecular weight is 656 g/mol. The molecule has 0 bridgehead atoms. The smallest absolute Gasteiger partial charge is 0.308 e. The molecule has 2 aromatic rings. The van der Waals surface area contributed by atoms with E-state index in [9.17, 15) is 13.3 Å².